The number of imidazole rings is 1. The van der Waals surface area contributed by atoms with Crippen LogP contribution in [-0.4, -0.2) is 85.1 Å². The van der Waals surface area contributed by atoms with Crippen molar-refractivity contribution < 1.29 is 31.9 Å². The number of nitrogens with zero attached hydrogens (tertiary/aromatic N) is 6. The summed E-state index contributed by atoms with van der Waals surface area (Å²) in [5.74, 6) is -3.33. The lowest BCUT2D eigenvalue weighted by molar-refractivity contribution is -0.159. The summed E-state index contributed by atoms with van der Waals surface area (Å²) in [5, 5.41) is 5.27. The highest BCUT2D eigenvalue weighted by Gasteiger charge is 2.57. The van der Waals surface area contributed by atoms with Crippen LogP contribution in [0.15, 0.2) is 30.7 Å². The fourth-order valence-electron chi connectivity index (χ4n) is 9.40. The first-order valence-corrected chi connectivity index (χ1v) is 19.5. The average molecular weight is 775 g/mol. The van der Waals surface area contributed by atoms with Gasteiger partial charge >= 0.3 is 0 Å². The van der Waals surface area contributed by atoms with Gasteiger partial charge in [-0.2, -0.15) is 0 Å². The third kappa shape index (κ3) is 5.62. The van der Waals surface area contributed by atoms with Gasteiger partial charge in [-0.05, 0) is 98.3 Å². The third-order valence-corrected chi connectivity index (χ3v) is 13.0. The van der Waals surface area contributed by atoms with Crippen molar-refractivity contribution in [2.24, 2.45) is 0 Å². The summed E-state index contributed by atoms with van der Waals surface area (Å²) >= 11 is 0. The van der Waals surface area contributed by atoms with Crippen molar-refractivity contribution in [2.75, 3.05) is 23.4 Å². The van der Waals surface area contributed by atoms with Crippen LogP contribution in [0.1, 0.15) is 101 Å². The van der Waals surface area contributed by atoms with Gasteiger partial charge in [0.2, 0.25) is 5.91 Å². The zero-order valence-electron chi connectivity index (χ0n) is 32.4. The molecular formula is C41H46F4N8O3. The topological polar surface area (TPSA) is 118 Å². The van der Waals surface area contributed by atoms with Gasteiger partial charge in [-0.1, -0.05) is 0 Å². The quantitative estimate of drug-likeness (QED) is 0.170. The first kappa shape index (κ1) is 37.0. The fourth-order valence-corrected chi connectivity index (χ4v) is 9.40. The number of rotatable bonds is 9. The third-order valence-electron chi connectivity index (χ3n) is 13.0. The Balaban J connectivity index is 1.07. The molecule has 3 aromatic heterocycles. The van der Waals surface area contributed by atoms with E-state index >= 15 is 8.78 Å². The number of pyridine rings is 2. The van der Waals surface area contributed by atoms with Gasteiger partial charge in [0.05, 0.1) is 52.7 Å². The molecule has 2 unspecified atom stereocenters. The molecule has 5 fully saturated rings. The monoisotopic (exact) mass is 774 g/mol. The van der Waals surface area contributed by atoms with Crippen molar-refractivity contribution >= 4 is 40.0 Å². The number of nitrogens with one attached hydrogen (secondary N) is 2. The number of aromatic nitrogens is 4. The van der Waals surface area contributed by atoms with Crippen LogP contribution in [-0.2, 0) is 14.9 Å². The molecular weight excluding hydrogens is 728 g/mol. The number of anilines is 3. The Hall–Kier alpha value is -4.63. The minimum absolute atomic E-state index is 0.00740. The Labute approximate surface area is 322 Å². The van der Waals surface area contributed by atoms with Crippen LogP contribution in [0.3, 0.4) is 0 Å². The molecule has 4 aromatic rings. The normalized spacial score (nSPS) is 26.2. The Kier molecular flexibility index (Phi) is 8.38. The first-order valence-electron chi connectivity index (χ1n) is 19.5. The number of piperidine rings is 1. The van der Waals surface area contributed by atoms with Gasteiger partial charge < -0.3 is 24.8 Å². The summed E-state index contributed by atoms with van der Waals surface area (Å²) in [6.45, 7) is 12.9. The SMILES string of the molecule is Cc1c(C(=O)NC2(C(F)F)CC2)cc(Nc2nc(-c3cnc4c(c3)N([C@H]3C[C@@](C)(N5CC6CCC5CO6)C3)C(=O)C4(C)C)cc3ncn(C(C)C)c23)c(F)c1F. The van der Waals surface area contributed by atoms with E-state index in [1.807, 2.05) is 43.2 Å². The molecule has 7 heterocycles. The Morgan fingerprint density at radius 1 is 1.02 bits per heavy atom. The molecule has 2 bridgehead atoms. The molecule has 3 saturated heterocycles. The number of hydrogen-bond acceptors (Lipinski definition) is 8. The van der Waals surface area contributed by atoms with Crippen molar-refractivity contribution in [1.29, 1.82) is 0 Å². The molecule has 0 radical (unpaired) electrons. The van der Waals surface area contributed by atoms with Crippen molar-refractivity contribution in [3.63, 3.8) is 0 Å². The molecule has 15 heteroatoms. The van der Waals surface area contributed by atoms with Crippen molar-refractivity contribution in [1.82, 2.24) is 29.7 Å². The van der Waals surface area contributed by atoms with Crippen LogP contribution >= 0.6 is 0 Å². The maximum Gasteiger partial charge on any atom is 0.261 e. The number of carbonyl (C=O) groups excluding carboxylic acids is 2. The Bertz CT molecular complexity index is 2290. The second-order valence-electron chi connectivity index (χ2n) is 17.5. The van der Waals surface area contributed by atoms with Gasteiger partial charge in [-0.3, -0.25) is 19.5 Å². The molecule has 296 valence electrons. The number of amides is 2. The van der Waals surface area contributed by atoms with E-state index < -0.39 is 40.6 Å². The number of halogens is 4. The minimum Gasteiger partial charge on any atom is -0.375 e. The lowest BCUT2D eigenvalue weighted by Crippen LogP contribution is -2.69. The molecule has 2 aliphatic carbocycles. The van der Waals surface area contributed by atoms with Crippen molar-refractivity contribution in [3.05, 3.63) is 59.2 Å². The van der Waals surface area contributed by atoms with Crippen molar-refractivity contribution in [3.8, 4) is 11.3 Å². The molecule has 2 N–H and O–H groups in total. The Morgan fingerprint density at radius 2 is 1.77 bits per heavy atom. The molecule has 1 aromatic carbocycles. The smallest absolute Gasteiger partial charge is 0.261 e. The number of ether oxygens (including phenoxy) is 1. The van der Waals surface area contributed by atoms with Gasteiger partial charge in [-0.25, -0.2) is 27.5 Å². The maximum atomic E-state index is 15.7. The number of hydrogen-bond donors (Lipinski definition) is 2. The van der Waals surface area contributed by atoms with Gasteiger partial charge in [0.15, 0.2) is 17.5 Å². The highest BCUT2D eigenvalue weighted by atomic mass is 19.3. The lowest BCUT2D eigenvalue weighted by atomic mass is 9.70. The summed E-state index contributed by atoms with van der Waals surface area (Å²) in [6.07, 6.45) is 4.83. The molecule has 56 heavy (non-hydrogen) atoms. The van der Waals surface area contributed by atoms with Gasteiger partial charge in [0.1, 0.15) is 11.1 Å². The van der Waals surface area contributed by atoms with E-state index in [1.165, 1.54) is 6.92 Å². The van der Waals surface area contributed by atoms with E-state index in [1.54, 1.807) is 18.6 Å². The van der Waals surface area contributed by atoms with E-state index in [4.69, 9.17) is 14.7 Å². The summed E-state index contributed by atoms with van der Waals surface area (Å²) in [5.41, 5.74) is -0.102. The van der Waals surface area contributed by atoms with Gasteiger partial charge in [0.25, 0.3) is 12.3 Å². The van der Waals surface area contributed by atoms with Crippen LogP contribution < -0.4 is 15.5 Å². The number of fused-ring (bicyclic) bond motifs is 5. The van der Waals surface area contributed by atoms with Crippen LogP contribution in [0.2, 0.25) is 0 Å². The summed E-state index contributed by atoms with van der Waals surface area (Å²) in [7, 11) is 0. The molecule has 11 nitrogen and oxygen atoms in total. The highest BCUT2D eigenvalue weighted by Crippen LogP contribution is 2.51. The minimum atomic E-state index is -2.80. The van der Waals surface area contributed by atoms with Crippen molar-refractivity contribution in [2.45, 2.75) is 127 Å². The number of morpholine rings is 1. The maximum absolute atomic E-state index is 15.7. The number of alkyl halides is 2. The second kappa shape index (κ2) is 12.7. The average Bonchev–Trinajstić information content (AvgIpc) is 3.77. The Morgan fingerprint density at radius 3 is 2.39 bits per heavy atom. The van der Waals surface area contributed by atoms with Crippen LogP contribution in [0.5, 0.6) is 0 Å². The zero-order chi connectivity index (χ0) is 39.6. The predicted molar refractivity (Wildman–Crippen MR) is 202 cm³/mol. The molecule has 2 amide bonds. The molecule has 2 saturated carbocycles. The fraction of sp³-hybridized carbons (Fsp3) is 0.537. The predicted octanol–water partition coefficient (Wildman–Crippen LogP) is 7.34. The molecule has 2 atom stereocenters. The van der Waals surface area contributed by atoms with E-state index in [9.17, 15) is 18.4 Å². The van der Waals surface area contributed by atoms with E-state index in [2.05, 4.69) is 27.4 Å². The molecule has 4 aliphatic heterocycles. The largest absolute Gasteiger partial charge is 0.375 e. The zero-order valence-corrected chi connectivity index (χ0v) is 32.4. The highest BCUT2D eigenvalue weighted by molar-refractivity contribution is 6.08. The first-order chi connectivity index (χ1) is 26.5. The number of carbonyl (C=O) groups is 2. The second-order valence-corrected chi connectivity index (χ2v) is 17.5. The van der Waals surface area contributed by atoms with Crippen LogP contribution in [0, 0.1) is 18.6 Å². The summed E-state index contributed by atoms with van der Waals surface area (Å²) < 4.78 is 66.4. The summed E-state index contributed by atoms with van der Waals surface area (Å²) in [6, 6.07) is 5.12. The van der Waals surface area contributed by atoms with Gasteiger partial charge in [-0.15, -0.1) is 0 Å². The van der Waals surface area contributed by atoms with E-state index in [0.717, 1.165) is 50.6 Å². The molecule has 10 rings (SSSR count). The van der Waals surface area contributed by atoms with E-state index in [0.29, 0.717) is 34.0 Å². The number of benzene rings is 1. The van der Waals surface area contributed by atoms with Gasteiger partial charge in [0, 0.05) is 53.1 Å². The summed E-state index contributed by atoms with van der Waals surface area (Å²) in [4.78, 5) is 46.2. The molecule has 6 aliphatic rings. The molecule has 0 spiro atoms. The van der Waals surface area contributed by atoms with Crippen LogP contribution in [0.4, 0.5) is 34.8 Å². The van der Waals surface area contributed by atoms with E-state index in [-0.39, 0.29) is 59.4 Å². The lowest BCUT2D eigenvalue weighted by Gasteiger charge is -2.60. The van der Waals surface area contributed by atoms with Crippen LogP contribution in [0.25, 0.3) is 22.3 Å². The standard InChI is InChI=1S/C41H46F4N8O3/c1-20(2)51-19-47-29-13-27(48-35(33(29)51)49-28-12-26(21(3)31(42)32(28)43)36(54)50-41(9-10-41)37(44)45)22-11-30-34(46-16-22)39(4,5)38(55)53(30)24-14-40(6,15-24)52-17-25-8-7-23(52)18-56-25/h11-13,16,19-20,23-25,37H,7-10,14-15,17-18H2,1-6H3,(H,48,49)(H,50,54)/t23?,24-,25?,40+.